The average molecular weight is 436 g/mol. The van der Waals surface area contributed by atoms with Gasteiger partial charge in [0.15, 0.2) is 0 Å². The van der Waals surface area contributed by atoms with E-state index < -0.39 is 0 Å². The van der Waals surface area contributed by atoms with Crippen LogP contribution in [-0.4, -0.2) is 40.5 Å². The van der Waals surface area contributed by atoms with Gasteiger partial charge >= 0.3 is 0 Å². The van der Waals surface area contributed by atoms with Crippen LogP contribution in [0.1, 0.15) is 89.3 Å². The highest BCUT2D eigenvalue weighted by Crippen LogP contribution is 2.46. The number of amides is 1. The molecule has 5 rings (SSSR count). The van der Waals surface area contributed by atoms with E-state index in [0.29, 0.717) is 30.0 Å². The van der Waals surface area contributed by atoms with E-state index in [1.807, 2.05) is 0 Å². The van der Waals surface area contributed by atoms with E-state index in [2.05, 4.69) is 66.9 Å². The van der Waals surface area contributed by atoms with Crippen LogP contribution >= 0.6 is 0 Å². The highest BCUT2D eigenvalue weighted by Gasteiger charge is 2.43. The molecule has 3 aliphatic rings. The first-order valence-electron chi connectivity index (χ1n) is 13.1. The Morgan fingerprint density at radius 1 is 1.22 bits per heavy atom. The van der Waals surface area contributed by atoms with E-state index in [4.69, 9.17) is 0 Å². The second kappa shape index (κ2) is 8.85. The maximum Gasteiger partial charge on any atom is 0.224 e. The van der Waals surface area contributed by atoms with Crippen LogP contribution in [0.2, 0.25) is 0 Å². The third-order valence-corrected chi connectivity index (χ3v) is 8.44. The van der Waals surface area contributed by atoms with Gasteiger partial charge in [0.1, 0.15) is 0 Å². The molecule has 1 saturated heterocycles. The van der Waals surface area contributed by atoms with Gasteiger partial charge in [-0.05, 0) is 75.6 Å². The summed E-state index contributed by atoms with van der Waals surface area (Å²) in [7, 11) is 0. The number of hydrogen-bond acceptors (Lipinski definition) is 2. The van der Waals surface area contributed by atoms with Gasteiger partial charge in [-0.25, -0.2) is 0 Å². The Morgan fingerprint density at radius 3 is 2.81 bits per heavy atom. The van der Waals surface area contributed by atoms with Crippen LogP contribution in [0.15, 0.2) is 24.4 Å². The lowest BCUT2D eigenvalue weighted by Crippen LogP contribution is -2.54. The minimum absolute atomic E-state index is 0.101. The quantitative estimate of drug-likeness (QED) is 0.658. The number of nitrogens with one attached hydrogen (secondary N) is 1. The van der Waals surface area contributed by atoms with Gasteiger partial charge in [-0.1, -0.05) is 38.8 Å². The van der Waals surface area contributed by atoms with Gasteiger partial charge < -0.3 is 9.88 Å². The smallest absolute Gasteiger partial charge is 0.224 e. The molecule has 2 heterocycles. The van der Waals surface area contributed by atoms with Crippen LogP contribution in [-0.2, 0) is 11.2 Å². The zero-order valence-electron chi connectivity index (χ0n) is 20.4. The number of benzene rings is 1. The molecule has 0 radical (unpaired) electrons. The second-order valence-corrected chi connectivity index (χ2v) is 11.2. The number of hydrogen-bond donors (Lipinski definition) is 1. The molecule has 32 heavy (non-hydrogen) atoms. The first-order valence-corrected chi connectivity index (χ1v) is 13.1. The van der Waals surface area contributed by atoms with Gasteiger partial charge in [0.05, 0.1) is 5.92 Å². The Morgan fingerprint density at radius 2 is 2.06 bits per heavy atom. The highest BCUT2D eigenvalue weighted by molar-refractivity contribution is 5.89. The summed E-state index contributed by atoms with van der Waals surface area (Å²) >= 11 is 0. The summed E-state index contributed by atoms with van der Waals surface area (Å²) < 4.78 is 2.45. The Kier molecular flexibility index (Phi) is 6.09. The van der Waals surface area contributed by atoms with Crippen molar-refractivity contribution in [2.75, 3.05) is 13.1 Å². The molecule has 0 bridgehead atoms. The maximum absolute atomic E-state index is 13.4. The first-order chi connectivity index (χ1) is 15.5. The fourth-order valence-electron chi connectivity index (χ4n) is 6.98. The summed E-state index contributed by atoms with van der Waals surface area (Å²) in [5.74, 6) is 1.60. The SMILES string of the molecule is CCCN1C[C@H](C(=O)NC2CCCC(C)C2)CC2c3cccc4c3c(cn4C(C)C)C[C@H]21. The minimum atomic E-state index is 0.101. The number of fused-ring (bicyclic) bond motifs is 2. The summed E-state index contributed by atoms with van der Waals surface area (Å²) in [5, 5.41) is 4.94. The van der Waals surface area contributed by atoms with Crippen LogP contribution in [0, 0.1) is 11.8 Å². The lowest BCUT2D eigenvalue weighted by molar-refractivity contribution is -0.128. The van der Waals surface area contributed by atoms with E-state index in [9.17, 15) is 4.79 Å². The van der Waals surface area contributed by atoms with Crippen LogP contribution in [0.3, 0.4) is 0 Å². The topological polar surface area (TPSA) is 37.3 Å². The lowest BCUT2D eigenvalue weighted by atomic mass is 9.72. The molecule has 1 aromatic carbocycles. The van der Waals surface area contributed by atoms with E-state index in [1.54, 1.807) is 0 Å². The van der Waals surface area contributed by atoms with E-state index in [-0.39, 0.29) is 5.92 Å². The molecule has 1 aromatic heterocycles. The monoisotopic (exact) mass is 435 g/mol. The zero-order valence-corrected chi connectivity index (χ0v) is 20.4. The average Bonchev–Trinajstić information content (AvgIpc) is 3.14. The third kappa shape index (κ3) is 3.89. The predicted molar refractivity (Wildman–Crippen MR) is 132 cm³/mol. The number of rotatable bonds is 5. The van der Waals surface area contributed by atoms with Crippen molar-refractivity contribution in [1.82, 2.24) is 14.8 Å². The van der Waals surface area contributed by atoms with Crippen LogP contribution < -0.4 is 5.32 Å². The molecular formula is C28H41N3O. The summed E-state index contributed by atoms with van der Waals surface area (Å²) in [6.07, 6.45) is 10.5. The van der Waals surface area contributed by atoms with Crippen molar-refractivity contribution in [3.05, 3.63) is 35.5 Å². The molecule has 4 heteroatoms. The molecule has 174 valence electrons. The van der Waals surface area contributed by atoms with Crippen molar-refractivity contribution in [2.24, 2.45) is 11.8 Å². The van der Waals surface area contributed by atoms with Crippen molar-refractivity contribution in [2.45, 2.75) is 96.7 Å². The molecule has 1 saturated carbocycles. The van der Waals surface area contributed by atoms with Crippen molar-refractivity contribution in [1.29, 1.82) is 0 Å². The molecule has 2 aromatic rings. The van der Waals surface area contributed by atoms with Gasteiger partial charge in [0, 0.05) is 47.7 Å². The molecule has 3 unspecified atom stereocenters. The van der Waals surface area contributed by atoms with Gasteiger partial charge in [-0.3, -0.25) is 9.69 Å². The minimum Gasteiger partial charge on any atom is -0.353 e. The van der Waals surface area contributed by atoms with Crippen LogP contribution in [0.25, 0.3) is 10.9 Å². The molecule has 2 fully saturated rings. The summed E-state index contributed by atoms with van der Waals surface area (Å²) in [4.78, 5) is 16.1. The largest absolute Gasteiger partial charge is 0.353 e. The number of likely N-dealkylation sites (tertiary alicyclic amines) is 1. The van der Waals surface area contributed by atoms with Crippen LogP contribution in [0.5, 0.6) is 0 Å². The predicted octanol–water partition coefficient (Wildman–Crippen LogP) is 5.66. The molecule has 2 aliphatic carbocycles. The Labute approximate surface area is 193 Å². The zero-order chi connectivity index (χ0) is 22.4. The van der Waals surface area contributed by atoms with E-state index in [1.165, 1.54) is 34.9 Å². The fourth-order valence-corrected chi connectivity index (χ4v) is 6.98. The van der Waals surface area contributed by atoms with Gasteiger partial charge in [0.2, 0.25) is 5.91 Å². The van der Waals surface area contributed by atoms with Crippen molar-refractivity contribution in [3.63, 3.8) is 0 Å². The normalized spacial score (nSPS) is 30.5. The molecule has 4 nitrogen and oxygen atoms in total. The molecule has 1 amide bonds. The van der Waals surface area contributed by atoms with Gasteiger partial charge in [-0.15, -0.1) is 0 Å². The van der Waals surface area contributed by atoms with E-state index in [0.717, 1.165) is 51.1 Å². The van der Waals surface area contributed by atoms with Crippen molar-refractivity contribution in [3.8, 4) is 0 Å². The Balaban J connectivity index is 1.44. The third-order valence-electron chi connectivity index (χ3n) is 8.44. The molecule has 0 spiro atoms. The maximum atomic E-state index is 13.4. The fraction of sp³-hybridized carbons (Fsp3) is 0.679. The van der Waals surface area contributed by atoms with Crippen molar-refractivity contribution >= 4 is 16.8 Å². The Bertz CT molecular complexity index is 976. The number of carbonyl (C=O) groups excluding carboxylic acids is 1. The number of piperidine rings is 1. The number of carbonyl (C=O) groups is 1. The number of nitrogens with zero attached hydrogens (tertiary/aromatic N) is 2. The molecule has 1 aliphatic heterocycles. The van der Waals surface area contributed by atoms with Gasteiger partial charge in [0.25, 0.3) is 0 Å². The van der Waals surface area contributed by atoms with Crippen molar-refractivity contribution < 1.29 is 4.79 Å². The molecular weight excluding hydrogens is 394 g/mol. The lowest BCUT2D eigenvalue weighted by Gasteiger charge is -2.47. The number of aromatic nitrogens is 1. The summed E-state index contributed by atoms with van der Waals surface area (Å²) in [6.45, 7) is 11.1. The second-order valence-electron chi connectivity index (χ2n) is 11.2. The van der Waals surface area contributed by atoms with Gasteiger partial charge in [-0.2, -0.15) is 0 Å². The molecule has 1 N–H and O–H groups in total. The molecule has 5 atom stereocenters. The van der Waals surface area contributed by atoms with E-state index >= 15 is 0 Å². The Hall–Kier alpha value is -1.81. The highest BCUT2D eigenvalue weighted by atomic mass is 16.2. The summed E-state index contributed by atoms with van der Waals surface area (Å²) in [5.41, 5.74) is 4.36. The van der Waals surface area contributed by atoms with Crippen LogP contribution in [0.4, 0.5) is 0 Å². The summed E-state index contributed by atoms with van der Waals surface area (Å²) in [6, 6.07) is 8.23. The first kappa shape index (κ1) is 22.0. The standard InChI is InChI=1S/C28H41N3O/c1-5-12-30-16-21(28(32)29-22-9-6-8-19(4)13-22)14-24-23-10-7-11-25-27(23)20(15-26(24)30)17-31(25)18(2)3/h7,10-11,17-19,21-22,24,26H,5-6,8-9,12-16H2,1-4H3,(H,29,32)/t19?,21-,22?,24?,26-/m1/s1.